The van der Waals surface area contributed by atoms with Crippen LogP contribution >= 0.6 is 24.8 Å². The van der Waals surface area contributed by atoms with Gasteiger partial charge in [-0.05, 0) is 53.7 Å². The minimum Gasteiger partial charge on any atom is -0.211 e. The van der Waals surface area contributed by atoms with Crippen LogP contribution in [-0.2, 0) is 4.79 Å². The first-order valence-electron chi connectivity index (χ1n) is 5.34. The lowest BCUT2D eigenvalue weighted by molar-refractivity contribution is 0.565. The van der Waals surface area contributed by atoms with Gasteiger partial charge in [0.25, 0.3) is 0 Å². The molecule has 0 fully saturated rings. The van der Waals surface area contributed by atoms with Crippen LogP contribution in [0.4, 0.5) is 11.4 Å². The van der Waals surface area contributed by atoms with Crippen molar-refractivity contribution in [3.05, 3.63) is 42.5 Å². The Bertz CT molecular complexity index is 698. The van der Waals surface area contributed by atoms with Crippen molar-refractivity contribution in [3.8, 4) is 11.1 Å². The first-order valence-corrected chi connectivity index (χ1v) is 6.19. The molecule has 0 bridgehead atoms. The zero-order chi connectivity index (χ0) is 13.7. The maximum Gasteiger partial charge on any atom is 0.240 e. The molecule has 2 aromatic rings. The smallest absolute Gasteiger partial charge is 0.211 e. The maximum absolute atomic E-state index is 10.2. The topological polar surface area (TPSA) is 41.8 Å². The van der Waals surface area contributed by atoms with E-state index in [1.165, 1.54) is 6.08 Å². The second-order valence-electron chi connectivity index (χ2n) is 3.65. The van der Waals surface area contributed by atoms with E-state index in [4.69, 9.17) is 0 Å². The predicted molar refractivity (Wildman–Crippen MR) is 81.6 cm³/mol. The van der Waals surface area contributed by atoms with E-state index in [1.54, 1.807) is 12.1 Å². The molecule has 0 saturated carbocycles. The van der Waals surface area contributed by atoms with Crippen LogP contribution in [0.3, 0.4) is 0 Å². The molecule has 0 radical (unpaired) electrons. The normalized spacial score (nSPS) is 9.32. The summed E-state index contributed by atoms with van der Waals surface area (Å²) in [7, 11) is 0. The summed E-state index contributed by atoms with van der Waals surface area (Å²) in [6.07, 6.45) is 1.51. The van der Waals surface area contributed by atoms with Gasteiger partial charge in [0.1, 0.15) is 0 Å². The quantitative estimate of drug-likeness (QED) is 0.394. The van der Waals surface area contributed by atoms with E-state index < -0.39 is 0 Å². The number of rotatable bonds is 3. The summed E-state index contributed by atoms with van der Waals surface area (Å²) in [5.41, 5.74) is 3.16. The summed E-state index contributed by atoms with van der Waals surface area (Å²) >= 11 is 9.01. The van der Waals surface area contributed by atoms with E-state index in [-0.39, 0.29) is 0 Å². The van der Waals surface area contributed by atoms with Gasteiger partial charge in [0.2, 0.25) is 6.08 Å². The van der Waals surface area contributed by atoms with Crippen LogP contribution in [0.25, 0.3) is 11.1 Å². The number of thiocarbonyl (C=S) groups is 1. The highest BCUT2D eigenvalue weighted by molar-refractivity contribution is 7.80. The zero-order valence-electron chi connectivity index (χ0n) is 9.70. The number of nitrogens with zero attached hydrogens (tertiary/aromatic N) is 2. The van der Waals surface area contributed by atoms with Gasteiger partial charge in [-0.15, -0.1) is 12.6 Å². The molecule has 0 aliphatic carbocycles. The van der Waals surface area contributed by atoms with Crippen molar-refractivity contribution in [3.63, 3.8) is 0 Å². The lowest BCUT2D eigenvalue weighted by atomic mass is 10.0. The molecular formula is C14H8N2OS2. The number of hydrogen-bond acceptors (Lipinski definition) is 5. The maximum atomic E-state index is 10.2. The lowest BCUT2D eigenvalue weighted by Crippen LogP contribution is -1.80. The minimum atomic E-state index is 0.563. The number of thiol groups is 1. The van der Waals surface area contributed by atoms with E-state index in [0.29, 0.717) is 5.69 Å². The largest absolute Gasteiger partial charge is 0.240 e. The van der Waals surface area contributed by atoms with Crippen LogP contribution in [0.5, 0.6) is 0 Å². The van der Waals surface area contributed by atoms with Gasteiger partial charge in [0, 0.05) is 4.90 Å². The molecule has 0 aliphatic heterocycles. The Kier molecular flexibility index (Phi) is 4.39. The molecule has 0 aromatic heterocycles. The highest BCUT2D eigenvalue weighted by atomic mass is 32.1. The first-order chi connectivity index (χ1) is 9.24. The average Bonchev–Trinajstić information content (AvgIpc) is 2.43. The Morgan fingerprint density at radius 2 is 1.68 bits per heavy atom. The summed E-state index contributed by atoms with van der Waals surface area (Å²) in [6.45, 7) is 0. The molecule has 0 aliphatic rings. The fraction of sp³-hybridized carbons (Fsp3) is 0. The van der Waals surface area contributed by atoms with E-state index >= 15 is 0 Å². The van der Waals surface area contributed by atoms with Crippen molar-refractivity contribution in [1.82, 2.24) is 0 Å². The fourth-order valence-corrected chi connectivity index (χ4v) is 2.02. The van der Waals surface area contributed by atoms with Crippen LogP contribution in [0.15, 0.2) is 57.3 Å². The van der Waals surface area contributed by atoms with Crippen LogP contribution in [0.2, 0.25) is 0 Å². The number of aliphatic imine (C=N–C) groups is 2. The van der Waals surface area contributed by atoms with E-state index in [0.717, 1.165) is 21.7 Å². The Labute approximate surface area is 121 Å². The monoisotopic (exact) mass is 284 g/mol. The van der Waals surface area contributed by atoms with Crippen molar-refractivity contribution >= 4 is 47.5 Å². The van der Waals surface area contributed by atoms with Crippen LogP contribution in [0.1, 0.15) is 0 Å². The van der Waals surface area contributed by atoms with Gasteiger partial charge >= 0.3 is 0 Å². The van der Waals surface area contributed by atoms with Crippen molar-refractivity contribution in [1.29, 1.82) is 0 Å². The van der Waals surface area contributed by atoms with Gasteiger partial charge in [-0.1, -0.05) is 12.1 Å². The number of carbonyl (C=O) groups excluding carboxylic acids is 1. The van der Waals surface area contributed by atoms with Crippen molar-refractivity contribution in [2.24, 2.45) is 9.98 Å². The van der Waals surface area contributed by atoms with Crippen LogP contribution in [0, 0.1) is 0 Å². The fourth-order valence-electron chi connectivity index (χ4n) is 1.65. The molecule has 0 unspecified atom stereocenters. The molecule has 0 N–H and O–H groups in total. The molecule has 0 saturated heterocycles. The third-order valence-corrected chi connectivity index (χ3v) is 2.99. The molecule has 3 nitrogen and oxygen atoms in total. The van der Waals surface area contributed by atoms with E-state index in [2.05, 4.69) is 40.0 Å². The second-order valence-corrected chi connectivity index (χ2v) is 4.32. The Hall–Kier alpha value is -2.03. The van der Waals surface area contributed by atoms with Gasteiger partial charge in [-0.3, -0.25) is 0 Å². The van der Waals surface area contributed by atoms with Gasteiger partial charge < -0.3 is 0 Å². The highest BCUT2D eigenvalue weighted by Gasteiger charge is 2.04. The molecule has 2 aromatic carbocycles. The second kappa shape index (κ2) is 6.23. The van der Waals surface area contributed by atoms with E-state index in [1.807, 2.05) is 30.3 Å². The lowest BCUT2D eigenvalue weighted by Gasteiger charge is -2.06. The molecule has 0 heterocycles. The average molecular weight is 284 g/mol. The van der Waals surface area contributed by atoms with Crippen LogP contribution in [-0.4, -0.2) is 11.2 Å². The van der Waals surface area contributed by atoms with E-state index in [9.17, 15) is 4.79 Å². The molecule has 0 spiro atoms. The Morgan fingerprint density at radius 3 is 2.32 bits per heavy atom. The third-order valence-electron chi connectivity index (χ3n) is 2.51. The van der Waals surface area contributed by atoms with Crippen molar-refractivity contribution in [2.45, 2.75) is 4.90 Å². The molecular weight excluding hydrogens is 276 g/mol. The van der Waals surface area contributed by atoms with Crippen molar-refractivity contribution < 1.29 is 4.79 Å². The minimum absolute atomic E-state index is 0.563. The third kappa shape index (κ3) is 3.25. The summed E-state index contributed by atoms with van der Waals surface area (Å²) < 4.78 is 0. The van der Waals surface area contributed by atoms with Crippen LogP contribution < -0.4 is 0 Å². The van der Waals surface area contributed by atoms with Gasteiger partial charge in [-0.2, -0.15) is 9.98 Å². The summed E-state index contributed by atoms with van der Waals surface area (Å²) in [4.78, 5) is 18.5. The SMILES string of the molecule is O=C=Nc1ccc(-c2cc(N=C=S)ccc2S)cc1. The van der Waals surface area contributed by atoms with Gasteiger partial charge in [0.05, 0.1) is 16.5 Å². The number of isothiocyanates is 1. The molecule has 0 atom stereocenters. The molecule has 0 amide bonds. The molecule has 2 rings (SSSR count). The van der Waals surface area contributed by atoms with Gasteiger partial charge in [-0.25, -0.2) is 4.79 Å². The Balaban J connectivity index is 2.48. The molecule has 92 valence electrons. The summed E-state index contributed by atoms with van der Waals surface area (Å²) in [5, 5.41) is 2.33. The predicted octanol–water partition coefficient (Wildman–Crippen LogP) is 4.34. The summed E-state index contributed by atoms with van der Waals surface area (Å²) in [6, 6.07) is 12.7. The standard InChI is InChI=1S/C14H8N2OS2/c17-8-15-11-3-1-10(2-4-11)13-7-12(16-9-18)5-6-14(13)19/h1-7,19H. The molecule has 19 heavy (non-hydrogen) atoms. The summed E-state index contributed by atoms with van der Waals surface area (Å²) in [5.74, 6) is 0. The number of isocyanates is 1. The van der Waals surface area contributed by atoms with Crippen molar-refractivity contribution in [2.75, 3.05) is 0 Å². The first kappa shape index (κ1) is 13.4. The molecule has 5 heteroatoms. The number of benzene rings is 2. The van der Waals surface area contributed by atoms with Gasteiger partial charge in [0.15, 0.2) is 0 Å². The number of hydrogen-bond donors (Lipinski definition) is 1. The zero-order valence-corrected chi connectivity index (χ0v) is 11.4. The Morgan fingerprint density at radius 1 is 1.00 bits per heavy atom. The highest BCUT2D eigenvalue weighted by Crippen LogP contribution is 2.31.